The number of hydrogen-bond acceptors (Lipinski definition) is 5. The zero-order valence-corrected chi connectivity index (χ0v) is 15.2. The first-order valence-corrected chi connectivity index (χ1v) is 8.57. The summed E-state index contributed by atoms with van der Waals surface area (Å²) in [6.07, 6.45) is 0.752. The lowest BCUT2D eigenvalue weighted by Crippen LogP contribution is -2.34. The molecule has 0 amide bonds. The van der Waals surface area contributed by atoms with Crippen molar-refractivity contribution >= 4 is 28.4 Å². The lowest BCUT2D eigenvalue weighted by atomic mass is 9.90. The molecule has 0 bridgehead atoms. The van der Waals surface area contributed by atoms with Crippen LogP contribution in [0.5, 0.6) is 0 Å². The van der Waals surface area contributed by atoms with Gasteiger partial charge in [0.05, 0.1) is 17.6 Å². The largest absolute Gasteiger partial charge is 0.465 e. The number of nitrogens with two attached hydrogens (primary N) is 1. The third-order valence-electron chi connectivity index (χ3n) is 4.26. The third-order valence-corrected chi connectivity index (χ3v) is 6.10. The number of hydrogen-bond donors (Lipinski definition) is 1. The van der Waals surface area contributed by atoms with Crippen molar-refractivity contribution in [3.63, 3.8) is 0 Å². The van der Waals surface area contributed by atoms with Crippen LogP contribution in [0.15, 0.2) is 23.1 Å². The Kier molecular flexibility index (Phi) is 6.20. The van der Waals surface area contributed by atoms with Crippen LogP contribution >= 0.6 is 12.4 Å². The fourth-order valence-corrected chi connectivity index (χ4v) is 4.31. The molecule has 1 aliphatic heterocycles. The van der Waals surface area contributed by atoms with E-state index in [0.29, 0.717) is 30.8 Å². The predicted molar refractivity (Wildman–Crippen MR) is 90.3 cm³/mol. The topological polar surface area (TPSA) is 89.7 Å². The second-order valence-corrected chi connectivity index (χ2v) is 8.01. The van der Waals surface area contributed by atoms with Gasteiger partial charge in [-0.2, -0.15) is 4.31 Å². The van der Waals surface area contributed by atoms with E-state index in [-0.39, 0.29) is 22.7 Å². The zero-order valence-electron chi connectivity index (χ0n) is 13.5. The fraction of sp³-hybridized carbons (Fsp3) is 0.533. The van der Waals surface area contributed by atoms with Gasteiger partial charge in [0, 0.05) is 13.1 Å². The van der Waals surface area contributed by atoms with Gasteiger partial charge in [0.25, 0.3) is 0 Å². The Labute approximate surface area is 143 Å². The quantitative estimate of drug-likeness (QED) is 0.821. The molecule has 6 nitrogen and oxygen atoms in total. The molecule has 0 aliphatic carbocycles. The molecular weight excluding hydrogens is 340 g/mol. The van der Waals surface area contributed by atoms with E-state index in [1.165, 1.54) is 29.6 Å². The molecule has 1 unspecified atom stereocenters. The van der Waals surface area contributed by atoms with Crippen LogP contribution in [-0.2, 0) is 14.8 Å². The van der Waals surface area contributed by atoms with Gasteiger partial charge in [0.1, 0.15) is 0 Å². The smallest absolute Gasteiger partial charge is 0.338 e. The standard InChI is InChI=1S/C15H22N2O4S.ClH/c1-11-8-12(4-5-13(11)14(18)21-3)22(19,20)17-7-6-15(2,9-16)10-17;/h4-5,8H,6-7,9-10,16H2,1-3H3;1H. The minimum Gasteiger partial charge on any atom is -0.465 e. The van der Waals surface area contributed by atoms with Gasteiger partial charge in [-0.1, -0.05) is 6.92 Å². The molecule has 1 aromatic rings. The van der Waals surface area contributed by atoms with Crippen molar-refractivity contribution in [2.24, 2.45) is 11.1 Å². The Balaban J connectivity index is 0.00000264. The highest BCUT2D eigenvalue weighted by atomic mass is 35.5. The van der Waals surface area contributed by atoms with Crippen LogP contribution in [0.2, 0.25) is 0 Å². The maximum atomic E-state index is 12.7. The number of sulfonamides is 1. The number of ether oxygens (including phenoxy) is 1. The summed E-state index contributed by atoms with van der Waals surface area (Å²) in [4.78, 5) is 11.8. The van der Waals surface area contributed by atoms with Crippen LogP contribution in [0.4, 0.5) is 0 Å². The van der Waals surface area contributed by atoms with E-state index in [9.17, 15) is 13.2 Å². The van der Waals surface area contributed by atoms with E-state index in [4.69, 9.17) is 5.73 Å². The number of esters is 1. The Morgan fingerprint density at radius 2 is 2.09 bits per heavy atom. The predicted octanol–water partition coefficient (Wildman–Crippen LogP) is 1.56. The van der Waals surface area contributed by atoms with Crippen molar-refractivity contribution in [2.45, 2.75) is 25.2 Å². The molecule has 1 atom stereocenters. The lowest BCUT2D eigenvalue weighted by molar-refractivity contribution is 0.0600. The molecule has 1 aliphatic rings. The highest BCUT2D eigenvalue weighted by Gasteiger charge is 2.39. The number of methoxy groups -OCH3 is 1. The van der Waals surface area contributed by atoms with Gasteiger partial charge in [0.15, 0.2) is 0 Å². The highest BCUT2D eigenvalue weighted by Crippen LogP contribution is 2.32. The molecule has 1 fully saturated rings. The Hall–Kier alpha value is -1.15. The second-order valence-electron chi connectivity index (χ2n) is 6.07. The molecule has 23 heavy (non-hydrogen) atoms. The number of halogens is 1. The summed E-state index contributed by atoms with van der Waals surface area (Å²) in [5, 5.41) is 0. The van der Waals surface area contributed by atoms with Gasteiger partial charge in [-0.25, -0.2) is 13.2 Å². The first-order valence-electron chi connectivity index (χ1n) is 7.13. The molecule has 0 radical (unpaired) electrons. The van der Waals surface area contributed by atoms with Crippen molar-refractivity contribution in [1.82, 2.24) is 4.31 Å². The monoisotopic (exact) mass is 362 g/mol. The number of carbonyl (C=O) groups excluding carboxylic acids is 1. The van der Waals surface area contributed by atoms with Crippen molar-refractivity contribution in [3.8, 4) is 0 Å². The first kappa shape index (κ1) is 19.9. The second kappa shape index (κ2) is 7.17. The summed E-state index contributed by atoms with van der Waals surface area (Å²) in [6, 6.07) is 4.46. The van der Waals surface area contributed by atoms with E-state index < -0.39 is 16.0 Å². The van der Waals surface area contributed by atoms with Crippen LogP contribution in [0.1, 0.15) is 29.3 Å². The number of benzene rings is 1. The molecule has 0 aromatic heterocycles. The first-order chi connectivity index (χ1) is 10.2. The van der Waals surface area contributed by atoms with Crippen LogP contribution in [0, 0.1) is 12.3 Å². The summed E-state index contributed by atoms with van der Waals surface area (Å²) in [5.41, 5.74) is 6.51. The molecular formula is C15H23ClN2O4S. The van der Waals surface area contributed by atoms with Crippen molar-refractivity contribution < 1.29 is 17.9 Å². The average molecular weight is 363 g/mol. The number of aryl methyl sites for hydroxylation is 1. The molecule has 1 aromatic carbocycles. The van der Waals surface area contributed by atoms with Crippen LogP contribution in [0.3, 0.4) is 0 Å². The number of carbonyl (C=O) groups is 1. The maximum Gasteiger partial charge on any atom is 0.338 e. The van der Waals surface area contributed by atoms with Crippen LogP contribution < -0.4 is 5.73 Å². The maximum absolute atomic E-state index is 12.7. The Morgan fingerprint density at radius 1 is 1.43 bits per heavy atom. The van der Waals surface area contributed by atoms with Crippen LogP contribution in [0.25, 0.3) is 0 Å². The van der Waals surface area contributed by atoms with Gasteiger partial charge in [-0.15, -0.1) is 12.4 Å². The van der Waals surface area contributed by atoms with Crippen molar-refractivity contribution in [1.29, 1.82) is 0 Å². The highest BCUT2D eigenvalue weighted by molar-refractivity contribution is 7.89. The number of rotatable bonds is 4. The molecule has 0 spiro atoms. The Morgan fingerprint density at radius 3 is 2.57 bits per heavy atom. The lowest BCUT2D eigenvalue weighted by Gasteiger charge is -2.22. The van der Waals surface area contributed by atoms with Gasteiger partial charge in [-0.3, -0.25) is 0 Å². The molecule has 1 saturated heterocycles. The minimum absolute atomic E-state index is 0. The molecule has 130 valence electrons. The summed E-state index contributed by atoms with van der Waals surface area (Å²) < 4.78 is 31.6. The van der Waals surface area contributed by atoms with E-state index in [1.54, 1.807) is 6.92 Å². The third kappa shape index (κ3) is 3.85. The molecule has 8 heteroatoms. The molecule has 0 saturated carbocycles. The SMILES string of the molecule is COC(=O)c1ccc(S(=O)(=O)N2CCC(C)(CN)C2)cc1C.Cl. The van der Waals surface area contributed by atoms with E-state index in [0.717, 1.165) is 6.42 Å². The fourth-order valence-electron chi connectivity index (χ4n) is 2.63. The summed E-state index contributed by atoms with van der Waals surface area (Å²) in [5.74, 6) is -0.474. The average Bonchev–Trinajstić information content (AvgIpc) is 2.90. The van der Waals surface area contributed by atoms with Crippen LogP contribution in [-0.4, -0.2) is 45.4 Å². The van der Waals surface area contributed by atoms with Gasteiger partial charge in [0.2, 0.25) is 10.0 Å². The van der Waals surface area contributed by atoms with Gasteiger partial charge < -0.3 is 10.5 Å². The summed E-state index contributed by atoms with van der Waals surface area (Å²) >= 11 is 0. The van der Waals surface area contributed by atoms with E-state index in [2.05, 4.69) is 4.74 Å². The molecule has 2 rings (SSSR count). The number of nitrogens with zero attached hydrogens (tertiary/aromatic N) is 1. The van der Waals surface area contributed by atoms with E-state index in [1.807, 2.05) is 6.92 Å². The minimum atomic E-state index is -3.57. The zero-order chi connectivity index (χ0) is 16.5. The molecule has 2 N–H and O–H groups in total. The summed E-state index contributed by atoms with van der Waals surface area (Å²) in [7, 11) is -2.27. The molecule has 1 heterocycles. The normalized spacial score (nSPS) is 21.7. The van der Waals surface area contributed by atoms with Crippen molar-refractivity contribution in [2.75, 3.05) is 26.7 Å². The Bertz CT molecular complexity index is 693. The van der Waals surface area contributed by atoms with Crippen molar-refractivity contribution in [3.05, 3.63) is 29.3 Å². The van der Waals surface area contributed by atoms with Gasteiger partial charge >= 0.3 is 5.97 Å². The van der Waals surface area contributed by atoms with Gasteiger partial charge in [-0.05, 0) is 49.1 Å². The van der Waals surface area contributed by atoms with E-state index >= 15 is 0 Å². The summed E-state index contributed by atoms with van der Waals surface area (Å²) in [6.45, 7) is 5.03.